The van der Waals surface area contributed by atoms with Gasteiger partial charge in [0, 0.05) is 55.5 Å². The van der Waals surface area contributed by atoms with Gasteiger partial charge < -0.3 is 19.1 Å². The zero-order valence-electron chi connectivity index (χ0n) is 24.7. The third-order valence-corrected chi connectivity index (χ3v) is 8.03. The van der Waals surface area contributed by atoms with Crippen LogP contribution < -0.4 is 4.74 Å². The van der Waals surface area contributed by atoms with E-state index in [1.165, 1.54) is 22.9 Å². The standard InChI is InChI=1S/C33H34F3N3O6/c1-2-44-31(40)18-24-9-6-10-27(17-24)45-26-13-15-37(16-14-26)22-32(41,33(34,35)36)29-21-38(20-23-7-4-3-5-8-23)30-19-25(39(42)43)11-12-28(29)30/h3-12,17,19,21,26,41H,2,13-16,18,20,22H2,1H3. The topological polar surface area (TPSA) is 107 Å². The van der Waals surface area contributed by atoms with Crippen molar-refractivity contribution in [3.05, 3.63) is 106 Å². The van der Waals surface area contributed by atoms with Gasteiger partial charge in [0.05, 0.1) is 23.5 Å². The minimum absolute atomic E-state index is 0.0947. The van der Waals surface area contributed by atoms with Crippen molar-refractivity contribution in [2.75, 3.05) is 26.2 Å². The number of rotatable bonds is 11. The van der Waals surface area contributed by atoms with Crippen molar-refractivity contribution in [2.45, 2.75) is 50.6 Å². The van der Waals surface area contributed by atoms with Crippen LogP contribution in [0.3, 0.4) is 0 Å². The van der Waals surface area contributed by atoms with Crippen molar-refractivity contribution in [3.8, 4) is 5.75 Å². The Morgan fingerprint density at radius 1 is 1.02 bits per heavy atom. The number of carbonyl (C=O) groups is 1. The molecule has 9 nitrogen and oxygen atoms in total. The predicted octanol–water partition coefficient (Wildman–Crippen LogP) is 6.00. The monoisotopic (exact) mass is 625 g/mol. The quantitative estimate of drug-likeness (QED) is 0.124. The second kappa shape index (κ2) is 13.3. The lowest BCUT2D eigenvalue weighted by Gasteiger charge is -2.39. The van der Waals surface area contributed by atoms with Gasteiger partial charge in [0.25, 0.3) is 5.69 Å². The zero-order chi connectivity index (χ0) is 32.2. The Hall–Kier alpha value is -4.42. The summed E-state index contributed by atoms with van der Waals surface area (Å²) in [6.07, 6.45) is -3.07. The molecule has 1 fully saturated rings. The minimum Gasteiger partial charge on any atom is -0.490 e. The molecule has 0 radical (unpaired) electrons. The SMILES string of the molecule is CCOC(=O)Cc1cccc(OC2CCN(CC(O)(c3cn(Cc4ccccc4)c4cc([N+](=O)[O-])ccc34)C(F)(F)F)CC2)c1. The lowest BCUT2D eigenvalue weighted by Crippen LogP contribution is -2.53. The molecule has 1 unspecified atom stereocenters. The fraction of sp³-hybridized carbons (Fsp3) is 0.364. The van der Waals surface area contributed by atoms with Gasteiger partial charge in [0.2, 0.25) is 5.60 Å². The van der Waals surface area contributed by atoms with E-state index in [0.717, 1.165) is 17.2 Å². The number of nitro benzene ring substituents is 1. The molecule has 1 N–H and O–H groups in total. The molecule has 4 aromatic rings. The fourth-order valence-corrected chi connectivity index (χ4v) is 5.77. The van der Waals surface area contributed by atoms with E-state index in [1.54, 1.807) is 48.2 Å². The van der Waals surface area contributed by atoms with Crippen molar-refractivity contribution in [2.24, 2.45) is 0 Å². The van der Waals surface area contributed by atoms with E-state index < -0.39 is 23.2 Å². The number of β-amino-alcohol motifs (C(OH)–C–C–N with tert-alkyl or cyclic N) is 1. The molecule has 1 atom stereocenters. The number of aromatic nitrogens is 1. The molecule has 2 heterocycles. The van der Waals surface area contributed by atoms with Gasteiger partial charge in [-0.3, -0.25) is 19.8 Å². The summed E-state index contributed by atoms with van der Waals surface area (Å²) in [7, 11) is 0. The normalized spacial score (nSPS) is 15.9. The van der Waals surface area contributed by atoms with Crippen LogP contribution in [-0.2, 0) is 28.1 Å². The maximum absolute atomic E-state index is 14.8. The Bertz CT molecular complexity index is 1650. The Morgan fingerprint density at radius 2 is 1.73 bits per heavy atom. The summed E-state index contributed by atoms with van der Waals surface area (Å²) in [4.78, 5) is 24.3. The first kappa shape index (κ1) is 32.0. The number of nitro groups is 1. The van der Waals surface area contributed by atoms with Gasteiger partial charge in [0.15, 0.2) is 0 Å². The number of carbonyl (C=O) groups excluding carboxylic acids is 1. The van der Waals surface area contributed by atoms with E-state index >= 15 is 0 Å². The molecule has 238 valence electrons. The number of alkyl halides is 3. The van der Waals surface area contributed by atoms with Crippen molar-refractivity contribution < 1.29 is 37.5 Å². The summed E-state index contributed by atoms with van der Waals surface area (Å²) in [5, 5.41) is 23.1. The second-order valence-corrected chi connectivity index (χ2v) is 11.2. The average molecular weight is 626 g/mol. The molecule has 1 aromatic heterocycles. The van der Waals surface area contributed by atoms with E-state index in [2.05, 4.69) is 0 Å². The number of benzene rings is 3. The molecular weight excluding hydrogens is 591 g/mol. The molecule has 1 saturated heterocycles. The first-order valence-electron chi connectivity index (χ1n) is 14.7. The molecule has 1 aliphatic heterocycles. The van der Waals surface area contributed by atoms with Crippen LogP contribution >= 0.6 is 0 Å². The summed E-state index contributed by atoms with van der Waals surface area (Å²) in [6.45, 7) is 1.97. The van der Waals surface area contributed by atoms with Crippen molar-refractivity contribution in [1.82, 2.24) is 9.47 Å². The Morgan fingerprint density at radius 3 is 2.40 bits per heavy atom. The second-order valence-electron chi connectivity index (χ2n) is 11.2. The van der Waals surface area contributed by atoms with Crippen LogP contribution in [0.25, 0.3) is 10.9 Å². The van der Waals surface area contributed by atoms with E-state index in [0.29, 0.717) is 18.6 Å². The maximum atomic E-state index is 14.8. The van der Waals surface area contributed by atoms with E-state index in [1.807, 2.05) is 18.2 Å². The summed E-state index contributed by atoms with van der Waals surface area (Å²) in [5.41, 5.74) is -2.11. The molecule has 5 rings (SSSR count). The average Bonchev–Trinajstić information content (AvgIpc) is 3.36. The van der Waals surface area contributed by atoms with E-state index in [4.69, 9.17) is 9.47 Å². The van der Waals surface area contributed by atoms with Gasteiger partial charge in [0.1, 0.15) is 11.9 Å². The molecule has 12 heteroatoms. The lowest BCUT2D eigenvalue weighted by molar-refractivity contribution is -0.384. The Balaban J connectivity index is 1.35. The lowest BCUT2D eigenvalue weighted by atomic mass is 9.91. The molecule has 0 bridgehead atoms. The van der Waals surface area contributed by atoms with Crippen LogP contribution in [0.15, 0.2) is 79.0 Å². The highest BCUT2D eigenvalue weighted by atomic mass is 19.4. The number of ether oxygens (including phenoxy) is 2. The first-order chi connectivity index (χ1) is 21.5. The van der Waals surface area contributed by atoms with Crippen LogP contribution in [0.2, 0.25) is 0 Å². The van der Waals surface area contributed by atoms with Crippen molar-refractivity contribution >= 4 is 22.6 Å². The first-order valence-corrected chi connectivity index (χ1v) is 14.7. The minimum atomic E-state index is -5.03. The smallest absolute Gasteiger partial charge is 0.422 e. The summed E-state index contributed by atoms with van der Waals surface area (Å²) >= 11 is 0. The molecule has 45 heavy (non-hydrogen) atoms. The number of aliphatic hydroxyl groups is 1. The number of hydrogen-bond donors (Lipinski definition) is 1. The van der Waals surface area contributed by atoms with Crippen molar-refractivity contribution in [1.29, 1.82) is 0 Å². The van der Waals surface area contributed by atoms with Gasteiger partial charge in [-0.05, 0) is 49.1 Å². The molecule has 0 aliphatic carbocycles. The molecule has 1 aliphatic rings. The third-order valence-electron chi connectivity index (χ3n) is 8.03. The van der Waals surface area contributed by atoms with Crippen LogP contribution in [0, 0.1) is 10.1 Å². The van der Waals surface area contributed by atoms with Crippen LogP contribution in [-0.4, -0.2) is 64.0 Å². The molecule has 0 saturated carbocycles. The maximum Gasteiger partial charge on any atom is 0.422 e. The molecular formula is C33H34F3N3O6. The van der Waals surface area contributed by atoms with Crippen LogP contribution in [0.5, 0.6) is 5.75 Å². The molecule has 0 spiro atoms. The summed E-state index contributed by atoms with van der Waals surface area (Å²) < 4.78 is 57.0. The number of halogens is 3. The van der Waals surface area contributed by atoms with E-state index in [9.17, 15) is 33.2 Å². The van der Waals surface area contributed by atoms with Crippen LogP contribution in [0.4, 0.5) is 18.9 Å². The number of non-ortho nitro benzene ring substituents is 1. The number of esters is 1. The summed E-state index contributed by atoms with van der Waals surface area (Å²) in [6, 6.07) is 19.8. The van der Waals surface area contributed by atoms with Gasteiger partial charge in [-0.25, -0.2) is 0 Å². The number of fused-ring (bicyclic) bond motifs is 1. The number of hydrogen-bond acceptors (Lipinski definition) is 7. The highest BCUT2D eigenvalue weighted by Crippen LogP contribution is 2.44. The number of likely N-dealkylation sites (tertiary alicyclic amines) is 1. The fourth-order valence-electron chi connectivity index (χ4n) is 5.77. The van der Waals surface area contributed by atoms with Crippen LogP contribution in [0.1, 0.15) is 36.5 Å². The Labute approximate surface area is 257 Å². The largest absolute Gasteiger partial charge is 0.490 e. The van der Waals surface area contributed by atoms with Gasteiger partial charge in [-0.1, -0.05) is 42.5 Å². The molecule has 0 amide bonds. The number of nitrogens with zero attached hydrogens (tertiary/aromatic N) is 3. The molecule has 3 aromatic carbocycles. The van der Waals surface area contributed by atoms with Crippen molar-refractivity contribution in [3.63, 3.8) is 0 Å². The van der Waals surface area contributed by atoms with E-state index in [-0.39, 0.29) is 66.9 Å². The highest BCUT2D eigenvalue weighted by Gasteiger charge is 2.57. The number of piperidine rings is 1. The van der Waals surface area contributed by atoms with Gasteiger partial charge in [-0.15, -0.1) is 0 Å². The highest BCUT2D eigenvalue weighted by molar-refractivity contribution is 5.87. The van der Waals surface area contributed by atoms with Gasteiger partial charge in [-0.2, -0.15) is 13.2 Å². The van der Waals surface area contributed by atoms with Gasteiger partial charge >= 0.3 is 12.1 Å². The summed E-state index contributed by atoms with van der Waals surface area (Å²) in [5.74, 6) is 0.212. The third kappa shape index (κ3) is 7.29. The Kier molecular flexibility index (Phi) is 9.45. The zero-order valence-corrected chi connectivity index (χ0v) is 24.7. The predicted molar refractivity (Wildman–Crippen MR) is 161 cm³/mol.